The van der Waals surface area contributed by atoms with Gasteiger partial charge in [-0.15, -0.1) is 0 Å². The minimum absolute atomic E-state index is 0.178. The Morgan fingerprint density at radius 1 is 1.44 bits per heavy atom. The van der Waals surface area contributed by atoms with Gasteiger partial charge in [0.05, 0.1) is 0 Å². The zero-order valence-corrected chi connectivity index (χ0v) is 10.7. The minimum atomic E-state index is 0.178. The van der Waals surface area contributed by atoms with Crippen LogP contribution in [-0.2, 0) is 4.79 Å². The average Bonchev–Trinajstić information content (AvgIpc) is 2.25. The summed E-state index contributed by atoms with van der Waals surface area (Å²) < 4.78 is 0. The van der Waals surface area contributed by atoms with Gasteiger partial charge in [-0.25, -0.2) is 0 Å². The number of nitrogens with one attached hydrogen (secondary N) is 1. The molecule has 0 aliphatic heterocycles. The molecule has 3 heteroatoms. The molecule has 1 atom stereocenters. The molecule has 0 aromatic rings. The van der Waals surface area contributed by atoms with Gasteiger partial charge in [0.25, 0.3) is 0 Å². The summed E-state index contributed by atoms with van der Waals surface area (Å²) in [6.07, 6.45) is 6.64. The summed E-state index contributed by atoms with van der Waals surface area (Å²) in [5.74, 6) is 0.524. The first-order valence-electron chi connectivity index (χ1n) is 6.62. The molecule has 0 heterocycles. The van der Waals surface area contributed by atoms with E-state index in [9.17, 15) is 4.79 Å². The van der Waals surface area contributed by atoms with Crippen LogP contribution in [0.3, 0.4) is 0 Å². The lowest BCUT2D eigenvalue weighted by atomic mass is 9.67. The molecule has 3 N–H and O–H groups in total. The lowest BCUT2D eigenvalue weighted by molar-refractivity contribution is -0.122. The van der Waals surface area contributed by atoms with Crippen molar-refractivity contribution in [1.82, 2.24) is 5.32 Å². The molecular weight excluding hydrogens is 200 g/mol. The first-order chi connectivity index (χ1) is 7.65. The summed E-state index contributed by atoms with van der Waals surface area (Å²) in [7, 11) is 0. The highest BCUT2D eigenvalue weighted by molar-refractivity contribution is 5.76. The molecule has 1 unspecified atom stereocenters. The van der Waals surface area contributed by atoms with Crippen molar-refractivity contribution in [3.8, 4) is 0 Å². The van der Waals surface area contributed by atoms with Gasteiger partial charge in [0.15, 0.2) is 0 Å². The van der Waals surface area contributed by atoms with Crippen molar-refractivity contribution in [2.45, 2.75) is 52.4 Å². The quantitative estimate of drug-likeness (QED) is 0.698. The smallest absolute Gasteiger partial charge is 0.220 e. The van der Waals surface area contributed by atoms with Gasteiger partial charge in [0, 0.05) is 13.0 Å². The molecule has 0 bridgehead atoms. The zero-order valence-electron chi connectivity index (χ0n) is 10.7. The van der Waals surface area contributed by atoms with E-state index < -0.39 is 0 Å². The monoisotopic (exact) mass is 226 g/mol. The molecule has 1 amide bonds. The predicted octanol–water partition coefficient (Wildman–Crippen LogP) is 2.06. The SMILES string of the molecule is CCC(CN)CC(=O)NCC1(CC)CCC1. The number of carbonyl (C=O) groups excluding carboxylic acids is 1. The highest BCUT2D eigenvalue weighted by Crippen LogP contribution is 2.43. The summed E-state index contributed by atoms with van der Waals surface area (Å²) in [5.41, 5.74) is 6.01. The number of nitrogens with two attached hydrogens (primary N) is 1. The fourth-order valence-corrected chi connectivity index (χ4v) is 2.35. The fourth-order valence-electron chi connectivity index (χ4n) is 2.35. The van der Waals surface area contributed by atoms with Crippen molar-refractivity contribution < 1.29 is 4.79 Å². The highest BCUT2D eigenvalue weighted by Gasteiger charge is 2.35. The Balaban J connectivity index is 2.24. The zero-order chi connectivity index (χ0) is 12.0. The summed E-state index contributed by atoms with van der Waals surface area (Å²) in [4.78, 5) is 11.7. The number of hydrogen-bond donors (Lipinski definition) is 2. The molecule has 0 spiro atoms. The van der Waals surface area contributed by atoms with Gasteiger partial charge >= 0.3 is 0 Å². The second kappa shape index (κ2) is 6.24. The van der Waals surface area contributed by atoms with Crippen LogP contribution in [0.4, 0.5) is 0 Å². The van der Waals surface area contributed by atoms with Crippen molar-refractivity contribution in [3.63, 3.8) is 0 Å². The second-order valence-corrected chi connectivity index (χ2v) is 5.20. The Morgan fingerprint density at radius 3 is 2.50 bits per heavy atom. The van der Waals surface area contributed by atoms with Crippen LogP contribution >= 0.6 is 0 Å². The summed E-state index contributed by atoms with van der Waals surface area (Å²) in [6.45, 7) is 5.79. The van der Waals surface area contributed by atoms with E-state index in [2.05, 4.69) is 19.2 Å². The molecule has 3 nitrogen and oxygen atoms in total. The van der Waals surface area contributed by atoms with Crippen LogP contribution in [0.15, 0.2) is 0 Å². The van der Waals surface area contributed by atoms with Crippen LogP contribution in [0, 0.1) is 11.3 Å². The lowest BCUT2D eigenvalue weighted by Crippen LogP contribution is -2.42. The van der Waals surface area contributed by atoms with E-state index in [0.717, 1.165) is 13.0 Å². The van der Waals surface area contributed by atoms with E-state index in [1.807, 2.05) is 0 Å². The molecular formula is C13H26N2O. The Bertz CT molecular complexity index is 214. The normalized spacial score (nSPS) is 19.9. The fraction of sp³-hybridized carbons (Fsp3) is 0.923. The predicted molar refractivity (Wildman–Crippen MR) is 67.0 cm³/mol. The van der Waals surface area contributed by atoms with Gasteiger partial charge in [-0.05, 0) is 37.1 Å². The summed E-state index contributed by atoms with van der Waals surface area (Å²) in [6, 6.07) is 0. The minimum Gasteiger partial charge on any atom is -0.356 e. The third-order valence-electron chi connectivity index (χ3n) is 4.21. The van der Waals surface area contributed by atoms with E-state index in [4.69, 9.17) is 5.73 Å². The standard InChI is InChI=1S/C13H26N2O/c1-3-11(9-14)8-12(16)15-10-13(4-2)6-5-7-13/h11H,3-10,14H2,1-2H3,(H,15,16). The second-order valence-electron chi connectivity index (χ2n) is 5.20. The number of amides is 1. The Morgan fingerprint density at radius 2 is 2.12 bits per heavy atom. The first-order valence-corrected chi connectivity index (χ1v) is 6.62. The molecule has 0 aromatic carbocycles. The Hall–Kier alpha value is -0.570. The van der Waals surface area contributed by atoms with Crippen LogP contribution < -0.4 is 11.1 Å². The highest BCUT2D eigenvalue weighted by atomic mass is 16.1. The van der Waals surface area contributed by atoms with E-state index in [0.29, 0.717) is 24.3 Å². The largest absolute Gasteiger partial charge is 0.356 e. The number of hydrogen-bond acceptors (Lipinski definition) is 2. The van der Waals surface area contributed by atoms with Crippen LogP contribution in [0.2, 0.25) is 0 Å². The van der Waals surface area contributed by atoms with Crippen LogP contribution in [-0.4, -0.2) is 19.0 Å². The average molecular weight is 226 g/mol. The number of rotatable bonds is 7. The Kier molecular flexibility index (Phi) is 5.26. The summed E-state index contributed by atoms with van der Waals surface area (Å²) in [5, 5.41) is 3.08. The molecule has 1 saturated carbocycles. The van der Waals surface area contributed by atoms with Gasteiger partial charge < -0.3 is 11.1 Å². The van der Waals surface area contributed by atoms with E-state index in [-0.39, 0.29) is 5.91 Å². The van der Waals surface area contributed by atoms with E-state index >= 15 is 0 Å². The van der Waals surface area contributed by atoms with Crippen molar-refractivity contribution in [2.24, 2.45) is 17.1 Å². The number of carbonyl (C=O) groups is 1. The van der Waals surface area contributed by atoms with Gasteiger partial charge in [-0.2, -0.15) is 0 Å². The molecule has 0 radical (unpaired) electrons. The molecule has 1 rings (SSSR count). The van der Waals surface area contributed by atoms with Gasteiger partial charge in [0.1, 0.15) is 0 Å². The topological polar surface area (TPSA) is 55.1 Å². The maximum Gasteiger partial charge on any atom is 0.220 e. The van der Waals surface area contributed by atoms with E-state index in [1.165, 1.54) is 25.7 Å². The van der Waals surface area contributed by atoms with Crippen LogP contribution in [0.1, 0.15) is 52.4 Å². The molecule has 1 aliphatic carbocycles. The van der Waals surface area contributed by atoms with E-state index in [1.54, 1.807) is 0 Å². The van der Waals surface area contributed by atoms with Crippen LogP contribution in [0.25, 0.3) is 0 Å². The van der Waals surface area contributed by atoms with Crippen molar-refractivity contribution in [1.29, 1.82) is 0 Å². The molecule has 0 aromatic heterocycles. The maximum atomic E-state index is 11.7. The van der Waals surface area contributed by atoms with Gasteiger partial charge in [0.2, 0.25) is 5.91 Å². The molecule has 1 aliphatic rings. The molecule has 0 saturated heterocycles. The van der Waals surface area contributed by atoms with Gasteiger partial charge in [-0.1, -0.05) is 26.7 Å². The molecule has 1 fully saturated rings. The van der Waals surface area contributed by atoms with Crippen molar-refractivity contribution in [3.05, 3.63) is 0 Å². The van der Waals surface area contributed by atoms with Crippen molar-refractivity contribution in [2.75, 3.05) is 13.1 Å². The molecule has 94 valence electrons. The maximum absolute atomic E-state index is 11.7. The van der Waals surface area contributed by atoms with Crippen LogP contribution in [0.5, 0.6) is 0 Å². The summed E-state index contributed by atoms with van der Waals surface area (Å²) >= 11 is 0. The third-order valence-corrected chi connectivity index (χ3v) is 4.21. The van der Waals surface area contributed by atoms with Crippen molar-refractivity contribution >= 4 is 5.91 Å². The lowest BCUT2D eigenvalue weighted by Gasteiger charge is -2.41. The Labute approximate surface area is 99.2 Å². The molecule has 16 heavy (non-hydrogen) atoms. The van der Waals surface area contributed by atoms with Gasteiger partial charge in [-0.3, -0.25) is 4.79 Å². The third kappa shape index (κ3) is 3.48. The first kappa shape index (κ1) is 13.5.